The fourth-order valence-electron chi connectivity index (χ4n) is 0.969. The third-order valence-corrected chi connectivity index (χ3v) is 6.38. The maximum atomic E-state index is 11.6. The summed E-state index contributed by atoms with van der Waals surface area (Å²) < 4.78 is 0. The number of nitrogens with one attached hydrogen (secondary N) is 1. The molecule has 0 saturated heterocycles. The van der Waals surface area contributed by atoms with Gasteiger partial charge in [0.25, 0.3) is 5.24 Å². The van der Waals surface area contributed by atoms with Crippen LogP contribution >= 0.6 is 23.4 Å². The number of thioether (sulfide) groups is 1. The minimum absolute atomic E-state index is 0.00440. The quantitative estimate of drug-likeness (QED) is 0.823. The van der Waals surface area contributed by atoms with E-state index in [4.69, 9.17) is 11.6 Å². The first kappa shape index (κ1) is 13.6. The lowest BCUT2D eigenvalue weighted by molar-refractivity contribution is 0.270. The lowest BCUT2D eigenvalue weighted by Crippen LogP contribution is -2.25. The molecule has 1 aromatic carbocycles. The number of rotatable bonds is 3. The molecule has 0 bridgehead atoms. The third-order valence-electron chi connectivity index (χ3n) is 1.73. The molecule has 0 aliphatic heterocycles. The number of hydrogen-bond donors (Lipinski definition) is 1. The molecule has 0 aliphatic carbocycles. The molecule has 0 unspecified atom stereocenters. The summed E-state index contributed by atoms with van der Waals surface area (Å²) in [6.45, 7) is 6.74. The Hall–Kier alpha value is -0.453. The highest BCUT2D eigenvalue weighted by Crippen LogP contribution is 2.17. The Balaban J connectivity index is 2.43. The lowest BCUT2D eigenvalue weighted by atomic mass is 10.3. The standard InChI is InChI=1S/C11H16ClNOSSi/c1-16(2,3)8-15-11(14)13-10-6-4-9(12)5-7-10/h4-7H,8H2,1-3H3,(H,13,14). The average molecular weight is 274 g/mol. The molecule has 0 spiro atoms. The zero-order valence-electron chi connectivity index (χ0n) is 9.71. The zero-order valence-corrected chi connectivity index (χ0v) is 12.3. The molecule has 2 nitrogen and oxygen atoms in total. The van der Waals surface area contributed by atoms with E-state index in [1.54, 1.807) is 24.3 Å². The highest BCUT2D eigenvalue weighted by molar-refractivity contribution is 8.15. The number of anilines is 1. The van der Waals surface area contributed by atoms with Crippen LogP contribution in [0.5, 0.6) is 0 Å². The first-order valence-corrected chi connectivity index (χ1v) is 10.1. The van der Waals surface area contributed by atoms with Gasteiger partial charge in [-0.2, -0.15) is 0 Å². The van der Waals surface area contributed by atoms with Gasteiger partial charge in [-0.1, -0.05) is 43.0 Å². The van der Waals surface area contributed by atoms with Crippen molar-refractivity contribution in [3.05, 3.63) is 29.3 Å². The van der Waals surface area contributed by atoms with Crippen LogP contribution in [0.1, 0.15) is 0 Å². The van der Waals surface area contributed by atoms with Gasteiger partial charge in [0.2, 0.25) is 0 Å². The van der Waals surface area contributed by atoms with Crippen molar-refractivity contribution in [2.24, 2.45) is 0 Å². The average Bonchev–Trinajstić information content (AvgIpc) is 2.18. The van der Waals surface area contributed by atoms with E-state index in [1.807, 2.05) is 0 Å². The minimum atomic E-state index is -1.17. The van der Waals surface area contributed by atoms with Gasteiger partial charge < -0.3 is 5.32 Å². The smallest absolute Gasteiger partial charge is 0.283 e. The Morgan fingerprint density at radius 2 is 1.88 bits per heavy atom. The maximum Gasteiger partial charge on any atom is 0.283 e. The molecule has 1 N–H and O–H groups in total. The zero-order chi connectivity index (χ0) is 12.2. The molecule has 0 saturated carbocycles. The second-order valence-corrected chi connectivity index (χ2v) is 12.1. The molecule has 0 fully saturated rings. The summed E-state index contributed by atoms with van der Waals surface area (Å²) in [5, 5.41) is 4.44. The second-order valence-electron chi connectivity index (χ2n) is 4.77. The number of halogens is 1. The predicted molar refractivity (Wildman–Crippen MR) is 76.3 cm³/mol. The van der Waals surface area contributed by atoms with E-state index in [1.165, 1.54) is 11.8 Å². The normalized spacial score (nSPS) is 11.2. The van der Waals surface area contributed by atoms with E-state index in [0.717, 1.165) is 11.1 Å². The molecule has 0 radical (unpaired) electrons. The highest BCUT2D eigenvalue weighted by atomic mass is 35.5. The third kappa shape index (κ3) is 5.58. The van der Waals surface area contributed by atoms with E-state index >= 15 is 0 Å². The van der Waals surface area contributed by atoms with Crippen molar-refractivity contribution in [3.63, 3.8) is 0 Å². The van der Waals surface area contributed by atoms with Crippen molar-refractivity contribution in [3.8, 4) is 0 Å². The SMILES string of the molecule is C[Si](C)(C)CSC(=O)Nc1ccc(Cl)cc1. The van der Waals surface area contributed by atoms with Crippen LogP contribution in [0.2, 0.25) is 24.7 Å². The largest absolute Gasteiger partial charge is 0.317 e. The van der Waals surface area contributed by atoms with Crippen molar-refractivity contribution >= 4 is 42.4 Å². The molecular formula is C11H16ClNOSSi. The molecule has 5 heteroatoms. The number of carbonyl (C=O) groups is 1. The number of hydrogen-bond acceptors (Lipinski definition) is 2. The fraction of sp³-hybridized carbons (Fsp3) is 0.364. The van der Waals surface area contributed by atoms with Crippen LogP contribution in [0.3, 0.4) is 0 Å². The molecule has 16 heavy (non-hydrogen) atoms. The monoisotopic (exact) mass is 273 g/mol. The van der Waals surface area contributed by atoms with Crippen LogP contribution in [0, 0.1) is 0 Å². The summed E-state index contributed by atoms with van der Waals surface area (Å²) in [4.78, 5) is 11.6. The summed E-state index contributed by atoms with van der Waals surface area (Å²) in [5.74, 6) is 0. The first-order chi connectivity index (χ1) is 7.37. The Bertz CT molecular complexity index is 361. The van der Waals surface area contributed by atoms with Crippen LogP contribution < -0.4 is 5.32 Å². The number of carbonyl (C=O) groups excluding carboxylic acids is 1. The fourth-order valence-corrected chi connectivity index (χ4v) is 3.54. The summed E-state index contributed by atoms with van der Waals surface area (Å²) in [5.41, 5.74) is 0.789. The second kappa shape index (κ2) is 5.75. The highest BCUT2D eigenvalue weighted by Gasteiger charge is 2.15. The molecule has 1 aromatic rings. The Labute approximate surface area is 107 Å². The van der Waals surface area contributed by atoms with Crippen LogP contribution in [0.25, 0.3) is 0 Å². The molecule has 0 aromatic heterocycles. The Morgan fingerprint density at radius 1 is 1.31 bits per heavy atom. The Kier molecular flexibility index (Phi) is 4.89. The van der Waals surface area contributed by atoms with Gasteiger partial charge in [-0.15, -0.1) is 0 Å². The maximum absolute atomic E-state index is 11.6. The van der Waals surface area contributed by atoms with Crippen molar-refractivity contribution in [1.82, 2.24) is 0 Å². The predicted octanol–water partition coefficient (Wildman–Crippen LogP) is 4.48. The van der Waals surface area contributed by atoms with Crippen LogP contribution in [0.15, 0.2) is 24.3 Å². The molecule has 1 amide bonds. The molecule has 0 atom stereocenters. The first-order valence-electron chi connectivity index (χ1n) is 5.06. The molecule has 88 valence electrons. The van der Waals surface area contributed by atoms with Gasteiger partial charge in [-0.3, -0.25) is 4.79 Å². The van der Waals surface area contributed by atoms with Gasteiger partial charge in [0, 0.05) is 10.7 Å². The van der Waals surface area contributed by atoms with Crippen molar-refractivity contribution in [2.75, 3.05) is 10.7 Å². The van der Waals surface area contributed by atoms with E-state index in [-0.39, 0.29) is 5.24 Å². The molecule has 1 rings (SSSR count). The van der Waals surface area contributed by atoms with Gasteiger partial charge in [0.05, 0.1) is 8.07 Å². The summed E-state index contributed by atoms with van der Waals surface area (Å²) >= 11 is 7.12. The summed E-state index contributed by atoms with van der Waals surface area (Å²) in [6.07, 6.45) is 0. The Morgan fingerprint density at radius 3 is 2.38 bits per heavy atom. The van der Waals surface area contributed by atoms with E-state index in [2.05, 4.69) is 25.0 Å². The van der Waals surface area contributed by atoms with Crippen molar-refractivity contribution < 1.29 is 4.79 Å². The molecule has 0 heterocycles. The van der Waals surface area contributed by atoms with E-state index in [0.29, 0.717) is 5.02 Å². The van der Waals surface area contributed by atoms with Crippen molar-refractivity contribution in [2.45, 2.75) is 19.6 Å². The van der Waals surface area contributed by atoms with Gasteiger partial charge in [-0.05, 0) is 29.6 Å². The van der Waals surface area contributed by atoms with Gasteiger partial charge >= 0.3 is 0 Å². The van der Waals surface area contributed by atoms with Crippen molar-refractivity contribution in [1.29, 1.82) is 0 Å². The van der Waals surface area contributed by atoms with E-state index < -0.39 is 8.07 Å². The lowest BCUT2D eigenvalue weighted by Gasteiger charge is -2.14. The number of amides is 1. The van der Waals surface area contributed by atoms with E-state index in [9.17, 15) is 4.79 Å². The summed E-state index contributed by atoms with van der Waals surface area (Å²) in [7, 11) is -1.17. The topological polar surface area (TPSA) is 29.1 Å². The van der Waals surface area contributed by atoms with Gasteiger partial charge in [-0.25, -0.2) is 0 Å². The van der Waals surface area contributed by atoms with Crippen LogP contribution in [0.4, 0.5) is 10.5 Å². The van der Waals surface area contributed by atoms with Crippen LogP contribution in [-0.4, -0.2) is 18.7 Å². The van der Waals surface area contributed by atoms with Gasteiger partial charge in [0.1, 0.15) is 0 Å². The van der Waals surface area contributed by atoms with Gasteiger partial charge in [0.15, 0.2) is 0 Å². The van der Waals surface area contributed by atoms with Crippen LogP contribution in [-0.2, 0) is 0 Å². The molecule has 0 aliphatic rings. The summed E-state index contributed by atoms with van der Waals surface area (Å²) in [6, 6.07) is 7.13. The number of benzene rings is 1. The molecular weight excluding hydrogens is 258 g/mol. The minimum Gasteiger partial charge on any atom is -0.317 e.